The van der Waals surface area contributed by atoms with Crippen LogP contribution in [-0.2, 0) is 20.9 Å². The normalized spacial score (nSPS) is 11.0. The first-order valence-electron chi connectivity index (χ1n) is 9.14. The average molecular weight is 411 g/mol. The Morgan fingerprint density at radius 1 is 1.23 bits per heavy atom. The summed E-state index contributed by atoms with van der Waals surface area (Å²) in [5.41, 5.74) is 7.09. The number of hydrogen-bond acceptors (Lipinski definition) is 9. The maximum Gasteiger partial charge on any atom is 0.342 e. The van der Waals surface area contributed by atoms with E-state index >= 15 is 0 Å². The lowest BCUT2D eigenvalue weighted by molar-refractivity contribution is -0.139. The van der Waals surface area contributed by atoms with Crippen molar-refractivity contribution in [1.29, 1.82) is 0 Å². The molecule has 2 aromatic heterocycles. The van der Waals surface area contributed by atoms with Gasteiger partial charge in [0.15, 0.2) is 12.4 Å². The van der Waals surface area contributed by atoms with E-state index in [4.69, 9.17) is 24.4 Å². The molecule has 3 rings (SSSR count). The van der Waals surface area contributed by atoms with Crippen molar-refractivity contribution in [1.82, 2.24) is 9.97 Å². The Bertz CT molecular complexity index is 1120. The Morgan fingerprint density at radius 3 is 2.77 bits per heavy atom. The molecule has 2 N–H and O–H groups in total. The molecule has 156 valence electrons. The van der Waals surface area contributed by atoms with Crippen molar-refractivity contribution in [2.75, 3.05) is 19.5 Å². The van der Waals surface area contributed by atoms with Gasteiger partial charge in [0.1, 0.15) is 22.9 Å². The Morgan fingerprint density at radius 2 is 2.03 bits per heavy atom. The molecule has 0 amide bonds. The van der Waals surface area contributed by atoms with Crippen LogP contribution < -0.4 is 10.5 Å². The summed E-state index contributed by atoms with van der Waals surface area (Å²) in [5.74, 6) is 0.0393. The first-order valence-corrected chi connectivity index (χ1v) is 9.14. The van der Waals surface area contributed by atoms with E-state index in [1.807, 2.05) is 12.1 Å². The van der Waals surface area contributed by atoms with E-state index in [2.05, 4.69) is 9.97 Å². The molecule has 0 unspecified atom stereocenters. The smallest absolute Gasteiger partial charge is 0.342 e. The van der Waals surface area contributed by atoms with Gasteiger partial charge < -0.3 is 24.4 Å². The minimum absolute atomic E-state index is 0.0397. The second kappa shape index (κ2) is 9.08. The fourth-order valence-electron chi connectivity index (χ4n) is 2.79. The molecule has 9 heteroatoms. The maximum absolute atomic E-state index is 12.1. The van der Waals surface area contributed by atoms with Gasteiger partial charge in [-0.05, 0) is 37.6 Å². The Labute approximate surface area is 172 Å². The van der Waals surface area contributed by atoms with Gasteiger partial charge in [-0.2, -0.15) is 4.98 Å². The van der Waals surface area contributed by atoms with Gasteiger partial charge in [0.2, 0.25) is 5.71 Å². The number of carbonyl (C=O) groups excluding carboxylic acids is 2. The zero-order valence-corrected chi connectivity index (χ0v) is 16.8. The van der Waals surface area contributed by atoms with Crippen LogP contribution in [-0.4, -0.2) is 35.6 Å². The summed E-state index contributed by atoms with van der Waals surface area (Å²) in [7, 11) is 1.57. The highest BCUT2D eigenvalue weighted by Crippen LogP contribution is 2.29. The number of hydrogen-bond donors (Lipinski definition) is 1. The van der Waals surface area contributed by atoms with Gasteiger partial charge in [-0.1, -0.05) is 12.1 Å². The van der Waals surface area contributed by atoms with Crippen LogP contribution in [0.2, 0.25) is 0 Å². The van der Waals surface area contributed by atoms with Crippen LogP contribution in [0.1, 0.15) is 34.4 Å². The minimum Gasteiger partial charge on any atom is -0.497 e. The van der Waals surface area contributed by atoms with Crippen molar-refractivity contribution < 1.29 is 28.2 Å². The third kappa shape index (κ3) is 4.57. The van der Waals surface area contributed by atoms with Crippen molar-refractivity contribution in [3.8, 4) is 5.75 Å². The molecule has 9 nitrogen and oxygen atoms in total. The van der Waals surface area contributed by atoms with Gasteiger partial charge in [-0.3, -0.25) is 0 Å². The third-order valence-electron chi connectivity index (χ3n) is 4.13. The predicted molar refractivity (Wildman–Crippen MR) is 109 cm³/mol. The van der Waals surface area contributed by atoms with E-state index in [-0.39, 0.29) is 41.5 Å². The number of furan rings is 1. The zero-order chi connectivity index (χ0) is 21.7. The summed E-state index contributed by atoms with van der Waals surface area (Å²) in [6, 6.07) is 7.22. The monoisotopic (exact) mass is 411 g/mol. The topological polar surface area (TPSA) is 127 Å². The largest absolute Gasteiger partial charge is 0.497 e. The summed E-state index contributed by atoms with van der Waals surface area (Å²) in [6.45, 7) is 3.31. The average Bonchev–Trinajstić information content (AvgIpc) is 3.07. The number of carbonyl (C=O) groups is 2. The summed E-state index contributed by atoms with van der Waals surface area (Å²) < 4.78 is 20.8. The predicted octanol–water partition coefficient (Wildman–Crippen LogP) is 3.06. The molecule has 0 aliphatic heterocycles. The van der Waals surface area contributed by atoms with Crippen LogP contribution >= 0.6 is 0 Å². The minimum atomic E-state index is -0.581. The molecule has 2 heterocycles. The lowest BCUT2D eigenvalue weighted by Gasteiger charge is -2.04. The highest BCUT2D eigenvalue weighted by atomic mass is 16.5. The van der Waals surface area contributed by atoms with E-state index in [0.717, 1.165) is 5.56 Å². The quantitative estimate of drug-likeness (QED) is 0.461. The lowest BCUT2D eigenvalue weighted by atomic mass is 10.2. The molecular weight excluding hydrogens is 390 g/mol. The van der Waals surface area contributed by atoms with Crippen molar-refractivity contribution in [3.63, 3.8) is 0 Å². The number of benzene rings is 1. The van der Waals surface area contributed by atoms with Gasteiger partial charge >= 0.3 is 11.9 Å². The molecule has 0 aliphatic carbocycles. The number of aromatic nitrogens is 2. The standard InChI is InChI=1S/C21H21N3O6/c1-4-28-21(26)17-12(2)30-20-18(17)19(22)23-15(24-20)11-29-16(25)9-8-13-6-5-7-14(10-13)27-3/h5-10H,4,11H2,1-3H3,(H2,22,23,24)/b9-8+. The highest BCUT2D eigenvalue weighted by Gasteiger charge is 2.24. The molecular formula is C21H21N3O6. The molecule has 0 spiro atoms. The van der Waals surface area contributed by atoms with Crippen molar-refractivity contribution in [2.24, 2.45) is 0 Å². The molecule has 0 radical (unpaired) electrons. The fourth-order valence-corrected chi connectivity index (χ4v) is 2.79. The van der Waals surface area contributed by atoms with Gasteiger partial charge in [-0.15, -0.1) is 0 Å². The number of nitrogens with two attached hydrogens (primary N) is 1. The number of aryl methyl sites for hydroxylation is 1. The molecule has 3 aromatic rings. The van der Waals surface area contributed by atoms with E-state index in [9.17, 15) is 9.59 Å². The summed E-state index contributed by atoms with van der Waals surface area (Å²) in [5, 5.41) is 0.277. The Balaban J connectivity index is 1.72. The van der Waals surface area contributed by atoms with E-state index < -0.39 is 11.9 Å². The number of anilines is 1. The molecule has 1 aromatic carbocycles. The SMILES string of the molecule is CCOC(=O)c1c(C)oc2nc(COC(=O)/C=C/c3cccc(OC)c3)nc(N)c12. The van der Waals surface area contributed by atoms with Crippen LogP contribution in [0.25, 0.3) is 17.2 Å². The van der Waals surface area contributed by atoms with Gasteiger partial charge in [0, 0.05) is 6.08 Å². The van der Waals surface area contributed by atoms with E-state index in [0.29, 0.717) is 11.5 Å². The van der Waals surface area contributed by atoms with Gasteiger partial charge in [-0.25, -0.2) is 14.6 Å². The lowest BCUT2D eigenvalue weighted by Crippen LogP contribution is -2.09. The second-order valence-corrected chi connectivity index (χ2v) is 6.18. The van der Waals surface area contributed by atoms with Crippen molar-refractivity contribution in [3.05, 3.63) is 53.1 Å². The highest BCUT2D eigenvalue weighted by molar-refractivity contribution is 6.07. The van der Waals surface area contributed by atoms with Gasteiger partial charge in [0.05, 0.1) is 19.1 Å². The first kappa shape index (κ1) is 20.8. The number of esters is 2. The number of ether oxygens (including phenoxy) is 3. The van der Waals surface area contributed by atoms with Crippen LogP contribution in [0.5, 0.6) is 5.75 Å². The molecule has 0 fully saturated rings. The Hall–Kier alpha value is -3.88. The number of methoxy groups -OCH3 is 1. The molecule has 0 saturated carbocycles. The molecule has 0 atom stereocenters. The third-order valence-corrected chi connectivity index (χ3v) is 4.13. The van der Waals surface area contributed by atoms with Crippen LogP contribution in [0.4, 0.5) is 5.82 Å². The number of rotatable bonds is 7. The maximum atomic E-state index is 12.1. The van der Waals surface area contributed by atoms with Gasteiger partial charge in [0.25, 0.3) is 0 Å². The van der Waals surface area contributed by atoms with Crippen LogP contribution in [0.15, 0.2) is 34.8 Å². The molecule has 30 heavy (non-hydrogen) atoms. The Kier molecular flexibility index (Phi) is 6.31. The van der Waals surface area contributed by atoms with Crippen molar-refractivity contribution >= 4 is 34.9 Å². The summed E-state index contributed by atoms with van der Waals surface area (Å²) in [6.07, 6.45) is 2.89. The molecule has 0 bridgehead atoms. The molecule has 0 saturated heterocycles. The van der Waals surface area contributed by atoms with E-state index in [1.54, 1.807) is 39.2 Å². The number of fused-ring (bicyclic) bond motifs is 1. The summed E-state index contributed by atoms with van der Waals surface area (Å²) in [4.78, 5) is 32.4. The van der Waals surface area contributed by atoms with Crippen molar-refractivity contribution in [2.45, 2.75) is 20.5 Å². The van der Waals surface area contributed by atoms with Crippen LogP contribution in [0, 0.1) is 6.92 Å². The van der Waals surface area contributed by atoms with Crippen LogP contribution in [0.3, 0.4) is 0 Å². The first-order chi connectivity index (χ1) is 14.4. The fraction of sp³-hybridized carbons (Fsp3) is 0.238. The second-order valence-electron chi connectivity index (χ2n) is 6.18. The molecule has 0 aliphatic rings. The zero-order valence-electron chi connectivity index (χ0n) is 16.8. The number of nitrogen functional groups attached to an aromatic ring is 1. The summed E-state index contributed by atoms with van der Waals surface area (Å²) >= 11 is 0. The van der Waals surface area contributed by atoms with E-state index in [1.165, 1.54) is 6.08 Å². The number of nitrogens with zero attached hydrogens (tertiary/aromatic N) is 2.